The van der Waals surface area contributed by atoms with Crippen molar-refractivity contribution in [2.75, 3.05) is 5.43 Å². The predicted octanol–water partition coefficient (Wildman–Crippen LogP) is 3.48. The minimum Gasteiger partial charge on any atom is -0.291 e. The second kappa shape index (κ2) is 7.24. The third-order valence-electron chi connectivity index (χ3n) is 2.66. The number of hydrogen-bond acceptors (Lipinski definition) is 4. The minimum atomic E-state index is -0.220. The summed E-state index contributed by atoms with van der Waals surface area (Å²) in [4.78, 5) is 18.3. The lowest BCUT2D eigenvalue weighted by atomic mass is 10.2. The number of benzene rings is 1. The van der Waals surface area contributed by atoms with E-state index in [2.05, 4.69) is 20.5 Å². The van der Waals surface area contributed by atoms with Crippen LogP contribution in [0.3, 0.4) is 0 Å². The molecule has 1 aromatic carbocycles. The lowest BCUT2D eigenvalue weighted by molar-refractivity contribution is 0.867. The van der Waals surface area contributed by atoms with E-state index in [1.54, 1.807) is 18.2 Å². The molecule has 1 heterocycles. The van der Waals surface area contributed by atoms with E-state index in [9.17, 15) is 4.79 Å². The Morgan fingerprint density at radius 1 is 1.38 bits per heavy atom. The van der Waals surface area contributed by atoms with Gasteiger partial charge in [0.1, 0.15) is 0 Å². The number of nitrogens with zero attached hydrogens (tertiary/aromatic N) is 2. The number of H-pyrrole nitrogens is 1. The number of nitrogens with one attached hydrogen (secondary N) is 2. The molecular formula is C14H14Cl2N4O. The summed E-state index contributed by atoms with van der Waals surface area (Å²) >= 11 is 12.1. The van der Waals surface area contributed by atoms with Crippen molar-refractivity contribution >= 4 is 35.4 Å². The fourth-order valence-corrected chi connectivity index (χ4v) is 2.23. The van der Waals surface area contributed by atoms with Crippen molar-refractivity contribution in [1.29, 1.82) is 0 Å². The molecule has 0 aliphatic rings. The first kappa shape index (κ1) is 15.5. The van der Waals surface area contributed by atoms with Crippen LogP contribution < -0.4 is 11.0 Å². The van der Waals surface area contributed by atoms with Gasteiger partial charge in [-0.1, -0.05) is 42.6 Å². The largest absolute Gasteiger partial charge is 0.291 e. The van der Waals surface area contributed by atoms with E-state index in [4.69, 9.17) is 23.2 Å². The smallest absolute Gasteiger partial charge is 0.252 e. The van der Waals surface area contributed by atoms with Gasteiger partial charge in [0.05, 0.1) is 16.3 Å². The van der Waals surface area contributed by atoms with Crippen LogP contribution in [0.15, 0.2) is 34.2 Å². The summed E-state index contributed by atoms with van der Waals surface area (Å²) in [6.45, 7) is 2.02. The Morgan fingerprint density at radius 2 is 2.10 bits per heavy atom. The second-order valence-electron chi connectivity index (χ2n) is 4.34. The van der Waals surface area contributed by atoms with Gasteiger partial charge in [-0.2, -0.15) is 5.10 Å². The zero-order valence-corrected chi connectivity index (χ0v) is 12.9. The first-order valence-corrected chi connectivity index (χ1v) is 7.19. The molecule has 0 saturated heterocycles. The Bertz CT molecular complexity index is 692. The third-order valence-corrected chi connectivity index (χ3v) is 3.32. The first-order valence-electron chi connectivity index (χ1n) is 6.43. The zero-order chi connectivity index (χ0) is 15.2. The van der Waals surface area contributed by atoms with Gasteiger partial charge >= 0.3 is 0 Å². The molecule has 0 atom stereocenters. The maximum atomic E-state index is 11.5. The molecule has 1 aromatic heterocycles. The standard InChI is InChI=1S/C14H14Cl2N4O/c1-2-4-9-7-13(21)19-14(18-9)20-17-8-10-11(15)5-3-6-12(10)16/h3,5-8H,2,4H2,1H3,(H2,18,19,20,21)/b17-8-. The van der Waals surface area contributed by atoms with Gasteiger partial charge in [0, 0.05) is 17.3 Å². The molecule has 2 aromatic rings. The lowest BCUT2D eigenvalue weighted by Gasteiger charge is -2.03. The molecule has 7 heteroatoms. The summed E-state index contributed by atoms with van der Waals surface area (Å²) < 4.78 is 0. The molecule has 0 fully saturated rings. The van der Waals surface area contributed by atoms with Crippen LogP contribution in [-0.4, -0.2) is 16.2 Å². The summed E-state index contributed by atoms with van der Waals surface area (Å²) in [5.74, 6) is 0.283. The van der Waals surface area contributed by atoms with Gasteiger partial charge in [-0.25, -0.2) is 10.4 Å². The quantitative estimate of drug-likeness (QED) is 0.653. The van der Waals surface area contributed by atoms with Crippen LogP contribution in [0.4, 0.5) is 5.95 Å². The van der Waals surface area contributed by atoms with Crippen LogP contribution in [0.5, 0.6) is 0 Å². The fraction of sp³-hybridized carbons (Fsp3) is 0.214. The SMILES string of the molecule is CCCc1cc(=O)[nH]c(N/N=C\c2c(Cl)cccc2Cl)n1. The van der Waals surface area contributed by atoms with Crippen molar-refractivity contribution in [3.63, 3.8) is 0 Å². The third kappa shape index (κ3) is 4.31. The number of rotatable bonds is 5. The van der Waals surface area contributed by atoms with Crippen molar-refractivity contribution in [2.24, 2.45) is 5.10 Å². The van der Waals surface area contributed by atoms with E-state index < -0.39 is 0 Å². The monoisotopic (exact) mass is 324 g/mol. The summed E-state index contributed by atoms with van der Waals surface area (Å²) in [6, 6.07) is 6.67. The summed E-state index contributed by atoms with van der Waals surface area (Å²) in [6.07, 6.45) is 3.13. The molecular weight excluding hydrogens is 311 g/mol. The van der Waals surface area contributed by atoms with Gasteiger partial charge < -0.3 is 0 Å². The molecule has 0 bridgehead atoms. The van der Waals surface area contributed by atoms with Crippen LogP contribution in [0.25, 0.3) is 0 Å². The Kier molecular flexibility index (Phi) is 5.36. The number of hydrazone groups is 1. The van der Waals surface area contributed by atoms with E-state index in [0.29, 0.717) is 15.6 Å². The normalized spacial score (nSPS) is 11.0. The summed E-state index contributed by atoms with van der Waals surface area (Å²) in [7, 11) is 0. The second-order valence-corrected chi connectivity index (χ2v) is 5.16. The van der Waals surface area contributed by atoms with Gasteiger partial charge in [0.15, 0.2) is 0 Å². The van der Waals surface area contributed by atoms with Gasteiger partial charge in [-0.3, -0.25) is 9.78 Å². The maximum absolute atomic E-state index is 11.5. The highest BCUT2D eigenvalue weighted by molar-refractivity contribution is 6.38. The first-order chi connectivity index (χ1) is 10.1. The van der Waals surface area contributed by atoms with Crippen LogP contribution in [0, 0.1) is 0 Å². The molecule has 0 aliphatic heterocycles. The summed E-state index contributed by atoms with van der Waals surface area (Å²) in [5, 5.41) is 4.99. The van der Waals surface area contributed by atoms with Crippen molar-refractivity contribution < 1.29 is 0 Å². The van der Waals surface area contributed by atoms with Crippen LogP contribution in [0.2, 0.25) is 10.0 Å². The van der Waals surface area contributed by atoms with Gasteiger partial charge in [-0.15, -0.1) is 0 Å². The Labute approximate surface area is 132 Å². The van der Waals surface area contributed by atoms with E-state index >= 15 is 0 Å². The van der Waals surface area contributed by atoms with E-state index in [0.717, 1.165) is 18.5 Å². The molecule has 21 heavy (non-hydrogen) atoms. The average molecular weight is 325 g/mol. The van der Waals surface area contributed by atoms with E-state index in [1.807, 2.05) is 6.92 Å². The zero-order valence-electron chi connectivity index (χ0n) is 11.4. The number of aryl methyl sites for hydroxylation is 1. The number of anilines is 1. The van der Waals surface area contributed by atoms with Gasteiger partial charge in [0.25, 0.3) is 5.56 Å². The number of hydrogen-bond donors (Lipinski definition) is 2. The Hall–Kier alpha value is -1.85. The molecule has 2 N–H and O–H groups in total. The molecule has 0 saturated carbocycles. The van der Waals surface area contributed by atoms with Crippen molar-refractivity contribution in [3.8, 4) is 0 Å². The predicted molar refractivity (Wildman–Crippen MR) is 86.5 cm³/mol. The molecule has 2 rings (SSSR count). The Morgan fingerprint density at radius 3 is 2.76 bits per heavy atom. The molecule has 5 nitrogen and oxygen atoms in total. The van der Waals surface area contributed by atoms with Crippen molar-refractivity contribution in [3.05, 3.63) is 55.9 Å². The van der Waals surface area contributed by atoms with Crippen molar-refractivity contribution in [1.82, 2.24) is 9.97 Å². The van der Waals surface area contributed by atoms with Gasteiger partial charge in [-0.05, 0) is 18.6 Å². The highest BCUT2D eigenvalue weighted by atomic mass is 35.5. The minimum absolute atomic E-state index is 0.220. The molecule has 0 unspecified atom stereocenters. The fourth-order valence-electron chi connectivity index (χ4n) is 1.74. The van der Waals surface area contributed by atoms with Crippen LogP contribution in [-0.2, 0) is 6.42 Å². The highest BCUT2D eigenvalue weighted by Crippen LogP contribution is 2.22. The molecule has 0 radical (unpaired) electrons. The molecule has 0 amide bonds. The maximum Gasteiger partial charge on any atom is 0.252 e. The van der Waals surface area contributed by atoms with Crippen LogP contribution in [0.1, 0.15) is 24.6 Å². The average Bonchev–Trinajstić information content (AvgIpc) is 2.42. The molecule has 0 aliphatic carbocycles. The molecule has 110 valence electrons. The van der Waals surface area contributed by atoms with E-state index in [-0.39, 0.29) is 11.5 Å². The molecule has 0 spiro atoms. The van der Waals surface area contributed by atoms with Crippen molar-refractivity contribution in [2.45, 2.75) is 19.8 Å². The van der Waals surface area contributed by atoms with E-state index in [1.165, 1.54) is 12.3 Å². The number of aromatic amines is 1. The van der Waals surface area contributed by atoms with Crippen LogP contribution >= 0.6 is 23.2 Å². The number of halogens is 2. The van der Waals surface area contributed by atoms with Gasteiger partial charge in [0.2, 0.25) is 5.95 Å². The Balaban J connectivity index is 2.16. The topological polar surface area (TPSA) is 70.1 Å². The summed E-state index contributed by atoms with van der Waals surface area (Å²) in [5.41, 5.74) is 3.77. The lowest BCUT2D eigenvalue weighted by Crippen LogP contribution is -2.12. The number of aromatic nitrogens is 2. The highest BCUT2D eigenvalue weighted by Gasteiger charge is 2.03.